The summed E-state index contributed by atoms with van der Waals surface area (Å²) in [7, 11) is 0. The molecule has 60 valence electrons. The Morgan fingerprint density at radius 3 is 2.73 bits per heavy atom. The third kappa shape index (κ3) is 2.10. The molecular formula is C8H9ClO2. The van der Waals surface area contributed by atoms with Crippen LogP contribution in [0.1, 0.15) is 11.7 Å². The third-order valence-corrected chi connectivity index (χ3v) is 1.69. The highest BCUT2D eigenvalue weighted by Gasteiger charge is 2.04. The number of halogens is 1. The number of benzene rings is 1. The number of aliphatic hydroxyl groups excluding tert-OH is 1. The van der Waals surface area contributed by atoms with E-state index in [4.69, 9.17) is 16.7 Å². The van der Waals surface area contributed by atoms with Crippen molar-refractivity contribution in [3.05, 3.63) is 29.8 Å². The first-order chi connectivity index (χ1) is 5.24. The summed E-state index contributed by atoms with van der Waals surface area (Å²) in [6.45, 7) is 0. The van der Waals surface area contributed by atoms with Crippen molar-refractivity contribution in [2.75, 3.05) is 5.88 Å². The van der Waals surface area contributed by atoms with Gasteiger partial charge in [-0.3, -0.25) is 0 Å². The summed E-state index contributed by atoms with van der Waals surface area (Å²) in [4.78, 5) is 0. The Bertz CT molecular complexity index is 237. The van der Waals surface area contributed by atoms with E-state index in [1.54, 1.807) is 18.2 Å². The van der Waals surface area contributed by atoms with Crippen LogP contribution < -0.4 is 0 Å². The molecule has 2 N–H and O–H groups in total. The molecule has 11 heavy (non-hydrogen) atoms. The van der Waals surface area contributed by atoms with Crippen LogP contribution in [0.25, 0.3) is 0 Å². The largest absolute Gasteiger partial charge is 0.508 e. The van der Waals surface area contributed by atoms with E-state index >= 15 is 0 Å². The fraction of sp³-hybridized carbons (Fsp3) is 0.250. The molecule has 0 aliphatic carbocycles. The van der Waals surface area contributed by atoms with Gasteiger partial charge in [0.25, 0.3) is 0 Å². The van der Waals surface area contributed by atoms with Gasteiger partial charge in [0.15, 0.2) is 0 Å². The second kappa shape index (κ2) is 3.60. The molecule has 2 nitrogen and oxygen atoms in total. The van der Waals surface area contributed by atoms with Crippen molar-refractivity contribution in [3.63, 3.8) is 0 Å². The minimum Gasteiger partial charge on any atom is -0.508 e. The van der Waals surface area contributed by atoms with Crippen molar-refractivity contribution in [1.82, 2.24) is 0 Å². The predicted octanol–water partition coefficient (Wildman–Crippen LogP) is 1.66. The fourth-order valence-electron chi connectivity index (χ4n) is 0.821. The topological polar surface area (TPSA) is 40.5 Å². The standard InChI is InChI=1S/C8H9ClO2/c9-5-8(11)6-2-1-3-7(10)4-6/h1-4,8,10-11H,5H2/t8-/m0/s1. The minimum absolute atomic E-state index is 0.142. The molecule has 0 bridgehead atoms. The molecule has 0 radical (unpaired) electrons. The average Bonchev–Trinajstić information content (AvgIpc) is 2.03. The van der Waals surface area contributed by atoms with Gasteiger partial charge in [-0.25, -0.2) is 0 Å². The number of phenols is 1. The van der Waals surface area contributed by atoms with Crippen molar-refractivity contribution in [1.29, 1.82) is 0 Å². The van der Waals surface area contributed by atoms with Gasteiger partial charge in [-0.05, 0) is 17.7 Å². The molecule has 0 spiro atoms. The number of hydrogen-bond acceptors (Lipinski definition) is 2. The number of phenolic OH excluding ortho intramolecular Hbond substituents is 1. The van der Waals surface area contributed by atoms with E-state index in [2.05, 4.69) is 0 Å². The summed E-state index contributed by atoms with van der Waals surface area (Å²) in [5.41, 5.74) is 0.639. The van der Waals surface area contributed by atoms with Crippen LogP contribution >= 0.6 is 11.6 Å². The van der Waals surface area contributed by atoms with Crippen molar-refractivity contribution >= 4 is 11.6 Å². The first-order valence-electron chi connectivity index (χ1n) is 3.27. The molecule has 0 aliphatic heterocycles. The van der Waals surface area contributed by atoms with Crippen LogP contribution in [-0.4, -0.2) is 16.1 Å². The SMILES string of the molecule is Oc1cccc([C@@H](O)CCl)c1. The molecule has 0 aromatic heterocycles. The van der Waals surface area contributed by atoms with Crippen molar-refractivity contribution in [2.45, 2.75) is 6.10 Å². The van der Waals surface area contributed by atoms with Gasteiger partial charge >= 0.3 is 0 Å². The van der Waals surface area contributed by atoms with Crippen molar-refractivity contribution in [3.8, 4) is 5.75 Å². The summed E-state index contributed by atoms with van der Waals surface area (Å²) in [5.74, 6) is 0.287. The van der Waals surface area contributed by atoms with E-state index in [1.165, 1.54) is 6.07 Å². The van der Waals surface area contributed by atoms with Gasteiger partial charge < -0.3 is 10.2 Å². The summed E-state index contributed by atoms with van der Waals surface area (Å²) in [6, 6.07) is 6.42. The Morgan fingerprint density at radius 2 is 2.18 bits per heavy atom. The molecule has 0 unspecified atom stereocenters. The monoisotopic (exact) mass is 172 g/mol. The van der Waals surface area contributed by atoms with Gasteiger partial charge in [-0.15, -0.1) is 11.6 Å². The average molecular weight is 173 g/mol. The zero-order valence-corrected chi connectivity index (χ0v) is 6.62. The highest BCUT2D eigenvalue weighted by molar-refractivity contribution is 6.18. The molecule has 0 saturated heterocycles. The van der Waals surface area contributed by atoms with Gasteiger partial charge in [0.05, 0.1) is 12.0 Å². The zero-order valence-electron chi connectivity index (χ0n) is 5.87. The highest BCUT2D eigenvalue weighted by Crippen LogP contribution is 2.18. The lowest BCUT2D eigenvalue weighted by Crippen LogP contribution is -1.97. The lowest BCUT2D eigenvalue weighted by molar-refractivity contribution is 0.202. The highest BCUT2D eigenvalue weighted by atomic mass is 35.5. The van der Waals surface area contributed by atoms with Gasteiger partial charge in [0.1, 0.15) is 5.75 Å². The Morgan fingerprint density at radius 1 is 1.45 bits per heavy atom. The van der Waals surface area contributed by atoms with E-state index in [-0.39, 0.29) is 11.6 Å². The number of alkyl halides is 1. The Labute approximate surface area is 70.1 Å². The van der Waals surface area contributed by atoms with Gasteiger partial charge in [0, 0.05) is 0 Å². The summed E-state index contributed by atoms with van der Waals surface area (Å²) >= 11 is 5.41. The Balaban J connectivity index is 2.86. The molecule has 1 aromatic carbocycles. The van der Waals surface area contributed by atoms with E-state index in [9.17, 15) is 5.11 Å². The maximum atomic E-state index is 9.21. The van der Waals surface area contributed by atoms with E-state index in [1.807, 2.05) is 0 Å². The second-order valence-corrected chi connectivity index (χ2v) is 2.57. The summed E-state index contributed by atoms with van der Waals surface area (Å²) in [6.07, 6.45) is -0.691. The Kier molecular flexibility index (Phi) is 2.74. The zero-order chi connectivity index (χ0) is 8.27. The molecule has 1 atom stereocenters. The lowest BCUT2D eigenvalue weighted by atomic mass is 10.1. The van der Waals surface area contributed by atoms with E-state index in [0.717, 1.165) is 0 Å². The van der Waals surface area contributed by atoms with E-state index in [0.29, 0.717) is 5.56 Å². The molecule has 0 heterocycles. The third-order valence-electron chi connectivity index (χ3n) is 1.40. The van der Waals surface area contributed by atoms with Crippen LogP contribution in [0.4, 0.5) is 0 Å². The van der Waals surface area contributed by atoms with Crippen LogP contribution in [0.3, 0.4) is 0 Å². The first-order valence-corrected chi connectivity index (χ1v) is 3.80. The van der Waals surface area contributed by atoms with Crippen LogP contribution in [0, 0.1) is 0 Å². The molecule has 1 rings (SSSR count). The quantitative estimate of drug-likeness (QED) is 0.667. The number of hydrogen-bond donors (Lipinski definition) is 2. The van der Waals surface area contributed by atoms with Crippen LogP contribution in [0.5, 0.6) is 5.75 Å². The molecule has 1 aromatic rings. The molecule has 0 fully saturated rings. The molecule has 0 saturated carbocycles. The normalized spacial score (nSPS) is 12.9. The minimum atomic E-state index is -0.691. The van der Waals surface area contributed by atoms with Crippen LogP contribution in [0.15, 0.2) is 24.3 Å². The fourth-order valence-corrected chi connectivity index (χ4v) is 0.999. The van der Waals surface area contributed by atoms with Crippen LogP contribution in [0.2, 0.25) is 0 Å². The van der Waals surface area contributed by atoms with Crippen molar-refractivity contribution in [2.24, 2.45) is 0 Å². The maximum absolute atomic E-state index is 9.21. The summed E-state index contributed by atoms with van der Waals surface area (Å²) in [5, 5.41) is 18.2. The molecule has 3 heteroatoms. The van der Waals surface area contributed by atoms with Crippen molar-refractivity contribution < 1.29 is 10.2 Å². The number of aliphatic hydroxyl groups is 1. The first kappa shape index (κ1) is 8.37. The molecule has 0 amide bonds. The second-order valence-electron chi connectivity index (χ2n) is 2.27. The van der Waals surface area contributed by atoms with Gasteiger partial charge in [0.2, 0.25) is 0 Å². The van der Waals surface area contributed by atoms with Gasteiger partial charge in [-0.1, -0.05) is 12.1 Å². The predicted molar refractivity (Wildman–Crippen MR) is 43.8 cm³/mol. The maximum Gasteiger partial charge on any atom is 0.115 e. The Hall–Kier alpha value is -0.730. The number of rotatable bonds is 2. The lowest BCUT2D eigenvalue weighted by Gasteiger charge is -2.05. The molecule has 0 aliphatic rings. The number of aromatic hydroxyl groups is 1. The van der Waals surface area contributed by atoms with Crippen LogP contribution in [-0.2, 0) is 0 Å². The van der Waals surface area contributed by atoms with Gasteiger partial charge in [-0.2, -0.15) is 0 Å². The van der Waals surface area contributed by atoms with E-state index < -0.39 is 6.10 Å². The smallest absolute Gasteiger partial charge is 0.115 e. The summed E-state index contributed by atoms with van der Waals surface area (Å²) < 4.78 is 0. The molecular weight excluding hydrogens is 164 g/mol.